The summed E-state index contributed by atoms with van der Waals surface area (Å²) in [5, 5.41) is 14.7. The van der Waals surface area contributed by atoms with Crippen LogP contribution in [0.1, 0.15) is 66.5 Å². The number of hydrogen-bond acceptors (Lipinski definition) is 6. The number of nitrogens with one attached hydrogen (secondary N) is 2. The molecule has 2 aromatic heterocycles. The summed E-state index contributed by atoms with van der Waals surface area (Å²) in [6, 6.07) is 12.6. The summed E-state index contributed by atoms with van der Waals surface area (Å²) >= 11 is 0. The molecule has 0 radical (unpaired) electrons. The second-order valence-corrected chi connectivity index (χ2v) is 9.58. The zero-order chi connectivity index (χ0) is 28.1. The molecule has 39 heavy (non-hydrogen) atoms. The van der Waals surface area contributed by atoms with Crippen molar-refractivity contribution in [2.75, 3.05) is 17.7 Å². The number of aryl methyl sites for hydroxylation is 1. The molecule has 1 atom stereocenters. The van der Waals surface area contributed by atoms with Gasteiger partial charge in [0.1, 0.15) is 22.9 Å². The van der Waals surface area contributed by atoms with Crippen LogP contribution in [-0.2, 0) is 4.79 Å². The fourth-order valence-electron chi connectivity index (χ4n) is 4.50. The number of anilines is 2. The smallest absolute Gasteiger partial charge is 0.296 e. The Kier molecular flexibility index (Phi) is 8.27. The summed E-state index contributed by atoms with van der Waals surface area (Å²) in [5.74, 6) is 5.53. The van der Waals surface area contributed by atoms with Gasteiger partial charge in [-0.05, 0) is 61.1 Å². The van der Waals surface area contributed by atoms with Crippen molar-refractivity contribution in [1.29, 1.82) is 0 Å². The molecule has 5 N–H and O–H groups in total. The number of carbonyl (C=O) groups is 2. The molecule has 9 nitrogen and oxygen atoms in total. The minimum Gasteiger partial charge on any atom is -0.395 e. The summed E-state index contributed by atoms with van der Waals surface area (Å²) < 4.78 is 1.77. The summed E-state index contributed by atoms with van der Waals surface area (Å²) in [4.78, 5) is 34.4. The highest BCUT2D eigenvalue weighted by Gasteiger charge is 2.21. The van der Waals surface area contributed by atoms with E-state index in [2.05, 4.69) is 41.3 Å². The van der Waals surface area contributed by atoms with Gasteiger partial charge < -0.3 is 21.5 Å². The summed E-state index contributed by atoms with van der Waals surface area (Å²) in [5.41, 5.74) is 11.6. The van der Waals surface area contributed by atoms with Crippen LogP contribution in [0.15, 0.2) is 54.9 Å². The lowest BCUT2D eigenvalue weighted by atomic mass is 9.97. The van der Waals surface area contributed by atoms with Gasteiger partial charge in [-0.2, -0.15) is 0 Å². The molecule has 200 valence electrons. The van der Waals surface area contributed by atoms with E-state index >= 15 is 0 Å². The van der Waals surface area contributed by atoms with E-state index in [1.807, 2.05) is 31.2 Å². The number of rotatable bonds is 7. The van der Waals surface area contributed by atoms with Crippen LogP contribution in [0.25, 0.3) is 16.8 Å². The third kappa shape index (κ3) is 6.08. The zero-order valence-electron chi connectivity index (χ0n) is 22.4. The molecule has 0 aliphatic rings. The fourth-order valence-corrected chi connectivity index (χ4v) is 4.50. The van der Waals surface area contributed by atoms with E-state index in [0.29, 0.717) is 34.1 Å². The highest BCUT2D eigenvalue weighted by molar-refractivity contribution is 6.05. The van der Waals surface area contributed by atoms with E-state index in [1.165, 1.54) is 5.56 Å². The molecule has 0 aliphatic carbocycles. The molecular formula is C30H32N6O3. The van der Waals surface area contributed by atoms with E-state index in [4.69, 9.17) is 15.8 Å². The molecule has 0 saturated carbocycles. The van der Waals surface area contributed by atoms with Crippen molar-refractivity contribution in [2.45, 2.75) is 46.1 Å². The second-order valence-electron chi connectivity index (χ2n) is 9.58. The van der Waals surface area contributed by atoms with Crippen molar-refractivity contribution in [2.24, 2.45) is 0 Å². The van der Waals surface area contributed by atoms with Crippen LogP contribution in [0.3, 0.4) is 0 Å². The van der Waals surface area contributed by atoms with Crippen LogP contribution in [0.4, 0.5) is 11.5 Å². The summed E-state index contributed by atoms with van der Waals surface area (Å²) in [6.45, 7) is 7.99. The van der Waals surface area contributed by atoms with E-state index in [0.717, 1.165) is 11.3 Å². The van der Waals surface area contributed by atoms with Crippen molar-refractivity contribution in [1.82, 2.24) is 19.7 Å². The largest absolute Gasteiger partial charge is 0.395 e. The van der Waals surface area contributed by atoms with Crippen molar-refractivity contribution >= 4 is 28.8 Å². The standard InChI is InChI=1S/C30H32N6O3/c1-18(2)24-12-11-23(16-19(24)3)34-30(39)22-9-7-8-21(17-22)26-27-28(31)32-13-14-36(27)29(35-26)20(4)33-25(38)10-5-6-15-37/h7-9,11-14,16-18,20,37H,6,15H2,1-4H3,(H2,31,32)(H,33,38)(H,34,39)/t20-/m0/s1. The molecule has 0 fully saturated rings. The van der Waals surface area contributed by atoms with Gasteiger partial charge in [0.2, 0.25) is 0 Å². The van der Waals surface area contributed by atoms with E-state index in [9.17, 15) is 9.59 Å². The van der Waals surface area contributed by atoms with Crippen molar-refractivity contribution in [3.63, 3.8) is 0 Å². The second kappa shape index (κ2) is 11.8. The molecule has 0 bridgehead atoms. The van der Waals surface area contributed by atoms with Gasteiger partial charge in [-0.25, -0.2) is 9.97 Å². The Bertz CT molecular complexity index is 1600. The molecule has 2 amide bonds. The number of nitrogens with two attached hydrogens (primary N) is 1. The first-order valence-electron chi connectivity index (χ1n) is 12.7. The number of nitrogens with zero attached hydrogens (tertiary/aromatic N) is 3. The SMILES string of the molecule is Cc1cc(NC(=O)c2cccc(-c3nc([C@H](C)NC(=O)C#CCCO)n4ccnc(N)c34)c2)ccc1C(C)C. The van der Waals surface area contributed by atoms with Crippen LogP contribution in [0.5, 0.6) is 0 Å². The minimum absolute atomic E-state index is 0.114. The molecule has 9 heteroatoms. The maximum atomic E-state index is 13.2. The Hall–Kier alpha value is -4.68. The molecule has 4 aromatic rings. The average Bonchev–Trinajstić information content (AvgIpc) is 3.30. The van der Waals surface area contributed by atoms with Crippen molar-refractivity contribution in [3.8, 4) is 23.1 Å². The Morgan fingerprint density at radius 2 is 1.95 bits per heavy atom. The molecule has 2 heterocycles. The monoisotopic (exact) mass is 524 g/mol. The topological polar surface area (TPSA) is 135 Å². The first-order chi connectivity index (χ1) is 18.7. The first-order valence-corrected chi connectivity index (χ1v) is 12.7. The number of carbonyl (C=O) groups excluding carboxylic acids is 2. The van der Waals surface area contributed by atoms with Gasteiger partial charge in [-0.1, -0.05) is 38.0 Å². The van der Waals surface area contributed by atoms with Gasteiger partial charge in [-0.15, -0.1) is 0 Å². The molecule has 0 saturated heterocycles. The number of hydrogen-bond donors (Lipinski definition) is 4. The summed E-state index contributed by atoms with van der Waals surface area (Å²) in [6.07, 6.45) is 3.49. The number of nitrogen functional groups attached to an aromatic ring is 1. The normalized spacial score (nSPS) is 11.6. The van der Waals surface area contributed by atoms with Gasteiger partial charge in [0, 0.05) is 35.6 Å². The lowest BCUT2D eigenvalue weighted by Crippen LogP contribution is -2.26. The predicted octanol–water partition coefficient (Wildman–Crippen LogP) is 4.23. The molecule has 0 aliphatic heterocycles. The molecule has 4 rings (SSSR count). The van der Waals surface area contributed by atoms with E-state index in [1.54, 1.807) is 41.9 Å². The maximum absolute atomic E-state index is 13.2. The van der Waals surface area contributed by atoms with Crippen LogP contribution in [0.2, 0.25) is 0 Å². The Balaban J connectivity index is 1.65. The number of amides is 2. The first kappa shape index (κ1) is 27.4. The number of aromatic nitrogens is 3. The lowest BCUT2D eigenvalue weighted by molar-refractivity contribution is -0.116. The fraction of sp³-hybridized carbons (Fsp3) is 0.267. The average molecular weight is 525 g/mol. The third-order valence-electron chi connectivity index (χ3n) is 6.33. The molecule has 0 unspecified atom stereocenters. The molecule has 2 aromatic carbocycles. The van der Waals surface area contributed by atoms with E-state index < -0.39 is 11.9 Å². The lowest BCUT2D eigenvalue weighted by Gasteiger charge is -2.12. The van der Waals surface area contributed by atoms with Gasteiger partial charge >= 0.3 is 0 Å². The van der Waals surface area contributed by atoms with Crippen LogP contribution in [-0.4, -0.2) is 37.9 Å². The van der Waals surface area contributed by atoms with Crippen molar-refractivity contribution < 1.29 is 14.7 Å². The van der Waals surface area contributed by atoms with Gasteiger partial charge in [0.15, 0.2) is 0 Å². The minimum atomic E-state index is -0.507. The van der Waals surface area contributed by atoms with Crippen LogP contribution >= 0.6 is 0 Å². The quantitative estimate of drug-likeness (QED) is 0.267. The number of benzene rings is 2. The highest BCUT2D eigenvalue weighted by atomic mass is 16.2. The predicted molar refractivity (Wildman–Crippen MR) is 152 cm³/mol. The highest BCUT2D eigenvalue weighted by Crippen LogP contribution is 2.31. The molecule has 0 spiro atoms. The van der Waals surface area contributed by atoms with E-state index in [-0.39, 0.29) is 24.8 Å². The third-order valence-corrected chi connectivity index (χ3v) is 6.33. The number of aliphatic hydroxyl groups excluding tert-OH is 1. The van der Waals surface area contributed by atoms with Gasteiger partial charge in [0.25, 0.3) is 11.8 Å². The van der Waals surface area contributed by atoms with Gasteiger partial charge in [-0.3, -0.25) is 14.0 Å². The van der Waals surface area contributed by atoms with Crippen LogP contribution < -0.4 is 16.4 Å². The van der Waals surface area contributed by atoms with Crippen LogP contribution in [0, 0.1) is 18.8 Å². The van der Waals surface area contributed by atoms with Crippen molar-refractivity contribution in [3.05, 3.63) is 77.4 Å². The molecular weight excluding hydrogens is 492 g/mol. The Morgan fingerprint density at radius 3 is 2.67 bits per heavy atom. The number of fused-ring (bicyclic) bond motifs is 1. The Labute approximate surface area is 227 Å². The maximum Gasteiger partial charge on any atom is 0.296 e. The van der Waals surface area contributed by atoms with Gasteiger partial charge in [0.05, 0.1) is 12.6 Å². The zero-order valence-corrected chi connectivity index (χ0v) is 22.4. The summed E-state index contributed by atoms with van der Waals surface area (Å²) in [7, 11) is 0. The number of imidazole rings is 1. The Morgan fingerprint density at radius 1 is 1.15 bits per heavy atom. The number of aliphatic hydroxyl groups is 1.